The minimum atomic E-state index is 0.395. The lowest BCUT2D eigenvalue weighted by Gasteiger charge is -2.32. The number of oxazole rings is 1. The third kappa shape index (κ3) is 5.49. The van der Waals surface area contributed by atoms with Gasteiger partial charge in [0.25, 0.3) is 6.01 Å². The number of nitrogens with zero attached hydrogens (tertiary/aromatic N) is 4. The highest BCUT2D eigenvalue weighted by atomic mass is 35.5. The van der Waals surface area contributed by atoms with E-state index in [9.17, 15) is 0 Å². The summed E-state index contributed by atoms with van der Waals surface area (Å²) in [5, 5.41) is 4.84. The molecule has 10 heteroatoms. The molecule has 1 fully saturated rings. The second-order valence-corrected chi connectivity index (χ2v) is 10.2. The van der Waals surface area contributed by atoms with Crippen molar-refractivity contribution in [2.24, 2.45) is 0 Å². The van der Waals surface area contributed by atoms with E-state index < -0.39 is 0 Å². The van der Waals surface area contributed by atoms with Gasteiger partial charge in [0, 0.05) is 67.1 Å². The molecule has 1 aliphatic rings. The molecule has 1 N–H and O–H groups in total. The third-order valence-electron chi connectivity index (χ3n) is 7.08. The van der Waals surface area contributed by atoms with E-state index >= 15 is 0 Å². The van der Waals surface area contributed by atoms with Crippen molar-refractivity contribution in [2.45, 2.75) is 6.54 Å². The molecule has 0 radical (unpaired) electrons. The summed E-state index contributed by atoms with van der Waals surface area (Å²) in [6.07, 6.45) is 1.70. The van der Waals surface area contributed by atoms with Crippen molar-refractivity contribution in [3.8, 4) is 23.0 Å². The number of hydrogen-bond acceptors (Lipinski definition) is 9. The first-order valence-corrected chi connectivity index (χ1v) is 13.4. The first-order valence-electron chi connectivity index (χ1n) is 13.0. The highest BCUT2D eigenvalue weighted by Crippen LogP contribution is 2.37. The van der Waals surface area contributed by atoms with E-state index in [1.807, 2.05) is 48.5 Å². The fraction of sp³-hybridized carbons (Fsp3) is 0.267. The summed E-state index contributed by atoms with van der Waals surface area (Å²) in [7, 11) is 5.35. The van der Waals surface area contributed by atoms with Crippen LogP contribution >= 0.6 is 11.6 Å². The fourth-order valence-electron chi connectivity index (χ4n) is 4.83. The molecular formula is C30H30ClN5O4. The molecule has 6 rings (SSSR count). The van der Waals surface area contributed by atoms with Crippen LogP contribution in [0, 0.1) is 0 Å². The Labute approximate surface area is 237 Å². The van der Waals surface area contributed by atoms with Crippen LogP contribution < -0.4 is 19.5 Å². The molecule has 40 heavy (non-hydrogen) atoms. The molecule has 3 aromatic carbocycles. The minimum Gasteiger partial charge on any atom is -0.493 e. The number of nitrogens with one attached hydrogen (secondary N) is 1. The van der Waals surface area contributed by atoms with E-state index in [0.717, 1.165) is 59.9 Å². The van der Waals surface area contributed by atoms with Crippen molar-refractivity contribution < 1.29 is 18.6 Å². The van der Waals surface area contributed by atoms with Crippen LogP contribution in [0.4, 0.5) is 11.7 Å². The third-order valence-corrected chi connectivity index (χ3v) is 7.45. The number of aromatic nitrogens is 2. The van der Waals surface area contributed by atoms with E-state index in [-0.39, 0.29) is 0 Å². The number of fused-ring (bicyclic) bond motifs is 2. The van der Waals surface area contributed by atoms with Gasteiger partial charge in [-0.3, -0.25) is 9.88 Å². The normalized spacial score (nSPS) is 14.5. The van der Waals surface area contributed by atoms with Gasteiger partial charge in [0.1, 0.15) is 17.0 Å². The van der Waals surface area contributed by atoms with E-state index in [1.165, 1.54) is 0 Å². The maximum Gasteiger partial charge on any atom is 0.300 e. The van der Waals surface area contributed by atoms with E-state index in [4.69, 9.17) is 30.2 Å². The second-order valence-electron chi connectivity index (χ2n) is 9.79. The van der Waals surface area contributed by atoms with Crippen molar-refractivity contribution in [3.63, 3.8) is 0 Å². The largest absolute Gasteiger partial charge is 0.493 e. The van der Waals surface area contributed by atoms with Gasteiger partial charge in [0.15, 0.2) is 17.1 Å². The average molecular weight is 560 g/mol. The summed E-state index contributed by atoms with van der Waals surface area (Å²) in [4.78, 5) is 13.8. The zero-order valence-corrected chi connectivity index (χ0v) is 23.4. The number of likely N-dealkylation sites (N-methyl/N-ethyl adjacent to an activating group) is 1. The number of piperazine rings is 1. The van der Waals surface area contributed by atoms with Crippen LogP contribution in [-0.4, -0.2) is 67.2 Å². The molecule has 0 unspecified atom stereocenters. The molecule has 0 bridgehead atoms. The average Bonchev–Trinajstić information content (AvgIpc) is 3.37. The topological polar surface area (TPSA) is 85.1 Å². The highest BCUT2D eigenvalue weighted by molar-refractivity contribution is 6.31. The van der Waals surface area contributed by atoms with Crippen LogP contribution in [0.1, 0.15) is 5.56 Å². The Balaban J connectivity index is 1.21. The Morgan fingerprint density at radius 3 is 2.50 bits per heavy atom. The first-order chi connectivity index (χ1) is 19.5. The molecule has 0 aliphatic carbocycles. The van der Waals surface area contributed by atoms with Crippen molar-refractivity contribution in [1.29, 1.82) is 0 Å². The lowest BCUT2D eigenvalue weighted by Crippen LogP contribution is -2.43. The zero-order valence-electron chi connectivity index (χ0n) is 22.6. The smallest absolute Gasteiger partial charge is 0.300 e. The second kappa shape index (κ2) is 11.2. The Morgan fingerprint density at radius 1 is 0.900 bits per heavy atom. The summed E-state index contributed by atoms with van der Waals surface area (Å²) >= 11 is 6.53. The molecule has 0 amide bonds. The molecule has 9 nitrogen and oxygen atoms in total. The van der Waals surface area contributed by atoms with Crippen LogP contribution in [0.5, 0.6) is 23.0 Å². The van der Waals surface area contributed by atoms with Gasteiger partial charge in [0.05, 0.1) is 19.7 Å². The van der Waals surface area contributed by atoms with Crippen molar-refractivity contribution in [3.05, 3.63) is 71.4 Å². The summed E-state index contributed by atoms with van der Waals surface area (Å²) in [6, 6.07) is 17.3. The molecule has 1 aliphatic heterocycles. The maximum absolute atomic E-state index is 6.53. The number of methoxy groups -OCH3 is 2. The molecule has 0 saturated carbocycles. The standard InChI is InChI=1S/C30H30ClN5O4/c1-35-10-12-36(13-11-35)18-19-14-20(4-6-23(19)31)33-30-34-25-15-21(5-7-27(25)40-30)39-26-8-9-32-24-17-29(38-3)28(37-2)16-22(24)26/h4-9,14-17H,10-13,18H2,1-3H3,(H,33,34). The molecule has 0 atom stereocenters. The molecule has 2 aromatic heterocycles. The van der Waals surface area contributed by atoms with Crippen molar-refractivity contribution in [2.75, 3.05) is 52.8 Å². The Bertz CT molecular complexity index is 1670. The number of hydrogen-bond donors (Lipinski definition) is 1. The maximum atomic E-state index is 6.53. The van der Waals surface area contributed by atoms with Crippen LogP contribution in [0.25, 0.3) is 22.0 Å². The number of halogens is 1. The van der Waals surface area contributed by atoms with Crippen LogP contribution in [0.15, 0.2) is 65.2 Å². The van der Waals surface area contributed by atoms with Gasteiger partial charge in [-0.25, -0.2) is 0 Å². The Kier molecular flexibility index (Phi) is 7.34. The number of benzene rings is 3. The molecule has 5 aromatic rings. The lowest BCUT2D eigenvalue weighted by atomic mass is 10.1. The van der Waals surface area contributed by atoms with E-state index in [0.29, 0.717) is 40.1 Å². The van der Waals surface area contributed by atoms with Crippen molar-refractivity contribution in [1.82, 2.24) is 19.8 Å². The Morgan fingerprint density at radius 2 is 1.70 bits per heavy atom. The van der Waals surface area contributed by atoms with Gasteiger partial charge in [-0.2, -0.15) is 4.98 Å². The SMILES string of the molecule is COc1cc2nccc(Oc3ccc4oc(Nc5ccc(Cl)c(CN6CCN(C)CC6)c5)nc4c3)c2cc1OC. The number of anilines is 2. The highest BCUT2D eigenvalue weighted by Gasteiger charge is 2.16. The van der Waals surface area contributed by atoms with Crippen LogP contribution in [-0.2, 0) is 6.54 Å². The van der Waals surface area contributed by atoms with Gasteiger partial charge >= 0.3 is 0 Å². The van der Waals surface area contributed by atoms with E-state index in [2.05, 4.69) is 38.2 Å². The lowest BCUT2D eigenvalue weighted by molar-refractivity contribution is 0.148. The molecular weight excluding hydrogens is 530 g/mol. The van der Waals surface area contributed by atoms with Gasteiger partial charge < -0.3 is 28.8 Å². The summed E-state index contributed by atoms with van der Waals surface area (Å²) in [6.45, 7) is 4.97. The van der Waals surface area contributed by atoms with Gasteiger partial charge in [0.2, 0.25) is 0 Å². The van der Waals surface area contributed by atoms with Crippen LogP contribution in [0.2, 0.25) is 5.02 Å². The monoisotopic (exact) mass is 559 g/mol. The van der Waals surface area contributed by atoms with Gasteiger partial charge in [-0.1, -0.05) is 11.6 Å². The fourth-order valence-corrected chi connectivity index (χ4v) is 5.01. The number of ether oxygens (including phenoxy) is 3. The molecule has 0 spiro atoms. The summed E-state index contributed by atoms with van der Waals surface area (Å²) in [5.41, 5.74) is 3.99. The van der Waals surface area contributed by atoms with E-state index in [1.54, 1.807) is 20.4 Å². The number of rotatable bonds is 8. The number of pyridine rings is 1. The van der Waals surface area contributed by atoms with Gasteiger partial charge in [-0.15, -0.1) is 0 Å². The zero-order chi connectivity index (χ0) is 27.6. The predicted molar refractivity (Wildman–Crippen MR) is 156 cm³/mol. The molecule has 3 heterocycles. The predicted octanol–water partition coefficient (Wildman–Crippen LogP) is 6.33. The Hall–Kier alpha value is -4.05. The first kappa shape index (κ1) is 26.2. The summed E-state index contributed by atoms with van der Waals surface area (Å²) in [5.74, 6) is 2.47. The summed E-state index contributed by atoms with van der Waals surface area (Å²) < 4.78 is 23.1. The quantitative estimate of drug-likeness (QED) is 0.234. The minimum absolute atomic E-state index is 0.395. The van der Waals surface area contributed by atoms with Gasteiger partial charge in [-0.05, 0) is 55.1 Å². The van der Waals surface area contributed by atoms with Crippen LogP contribution in [0.3, 0.4) is 0 Å². The molecule has 1 saturated heterocycles. The van der Waals surface area contributed by atoms with Crippen molar-refractivity contribution >= 4 is 45.3 Å². The molecule has 206 valence electrons.